The van der Waals surface area contributed by atoms with Crippen LogP contribution in [0.3, 0.4) is 0 Å². The highest BCUT2D eigenvalue weighted by atomic mass is 32.2. The smallest absolute Gasteiger partial charge is 0.442 e. The molecule has 0 bridgehead atoms. The normalized spacial score (nSPS) is 22.9. The number of carbonyl (C=O) groups excluding carboxylic acids is 2. The quantitative estimate of drug-likeness (QED) is 0.319. The fourth-order valence-corrected chi connectivity index (χ4v) is 6.52. The average Bonchev–Trinajstić information content (AvgIpc) is 3.09. The Bertz CT molecular complexity index is 1000. The molecule has 2 amide bonds. The number of aliphatic carboxylic acids is 2. The van der Waals surface area contributed by atoms with Gasteiger partial charge in [0.15, 0.2) is 0 Å². The first kappa shape index (κ1) is 24.2. The molecule has 2 unspecified atom stereocenters. The zero-order chi connectivity index (χ0) is 23.8. The van der Waals surface area contributed by atoms with Gasteiger partial charge in [-0.15, -0.1) is 16.9 Å². The lowest BCUT2D eigenvalue weighted by molar-refractivity contribution is -0.145. The van der Waals surface area contributed by atoms with Gasteiger partial charge in [-0.2, -0.15) is 13.2 Å². The number of carboxylic acids is 2. The summed E-state index contributed by atoms with van der Waals surface area (Å²) in [4.78, 5) is 47.7. The van der Waals surface area contributed by atoms with E-state index in [2.05, 4.69) is 20.8 Å². The number of β-lactam (4-membered cyclic amide) rings is 1. The number of aromatic nitrogens is 4. The van der Waals surface area contributed by atoms with E-state index in [0.29, 0.717) is 0 Å². The summed E-state index contributed by atoms with van der Waals surface area (Å²) in [6.45, 7) is 0.590. The molecule has 32 heavy (non-hydrogen) atoms. The zero-order valence-electron chi connectivity index (χ0n) is 15.8. The van der Waals surface area contributed by atoms with Gasteiger partial charge in [-0.1, -0.05) is 11.8 Å². The van der Waals surface area contributed by atoms with Crippen molar-refractivity contribution in [2.75, 3.05) is 5.75 Å². The van der Waals surface area contributed by atoms with Gasteiger partial charge in [0, 0.05) is 18.2 Å². The van der Waals surface area contributed by atoms with Crippen LogP contribution in [0.2, 0.25) is 0 Å². The van der Waals surface area contributed by atoms with E-state index in [1.165, 1.54) is 0 Å². The number of nitrogens with zero attached hydrogens (tertiary/aromatic N) is 5. The number of carboxylic acid groups (broad SMARTS) is 2. The van der Waals surface area contributed by atoms with Gasteiger partial charge < -0.3 is 15.5 Å². The number of thioether (sulfide) groups is 3. The van der Waals surface area contributed by atoms with Gasteiger partial charge in [-0.25, -0.2) is 9.48 Å². The molecule has 0 radical (unpaired) electrons. The molecular formula is C14H13F3N6O6S3. The third-order valence-electron chi connectivity index (χ3n) is 4.07. The molecule has 3 atom stereocenters. The number of hydrogen-bond acceptors (Lipinski definition) is 10. The van der Waals surface area contributed by atoms with E-state index in [9.17, 15) is 37.5 Å². The maximum Gasteiger partial charge on any atom is 0.442 e. The van der Waals surface area contributed by atoms with Crippen molar-refractivity contribution in [1.29, 1.82) is 0 Å². The van der Waals surface area contributed by atoms with E-state index in [1.54, 1.807) is 0 Å². The lowest BCUT2D eigenvalue weighted by atomic mass is 10.1. The van der Waals surface area contributed by atoms with Gasteiger partial charge in [0.1, 0.15) is 28.2 Å². The minimum atomic E-state index is -4.71. The van der Waals surface area contributed by atoms with Gasteiger partial charge in [-0.3, -0.25) is 19.3 Å². The van der Waals surface area contributed by atoms with Gasteiger partial charge >= 0.3 is 17.4 Å². The molecule has 1 aromatic rings. The lowest BCUT2D eigenvalue weighted by Crippen LogP contribution is -2.66. The number of amides is 2. The highest BCUT2D eigenvalue weighted by Gasteiger charge is 2.59. The van der Waals surface area contributed by atoms with Crippen LogP contribution in [0.25, 0.3) is 0 Å². The molecule has 0 aliphatic carbocycles. The molecule has 2 aliphatic rings. The van der Waals surface area contributed by atoms with Crippen LogP contribution in [0.4, 0.5) is 13.2 Å². The van der Waals surface area contributed by atoms with Crippen LogP contribution in [0, 0.1) is 0 Å². The van der Waals surface area contributed by atoms with Crippen molar-refractivity contribution in [2.24, 2.45) is 0 Å². The first-order valence-electron chi connectivity index (χ1n) is 8.46. The minimum absolute atomic E-state index is 0.0266. The van der Waals surface area contributed by atoms with E-state index in [-0.39, 0.29) is 16.5 Å². The second kappa shape index (κ2) is 9.18. The minimum Gasteiger partial charge on any atom is -0.480 e. The lowest BCUT2D eigenvalue weighted by Gasteiger charge is -2.51. The monoisotopic (exact) mass is 514 g/mol. The summed E-state index contributed by atoms with van der Waals surface area (Å²) in [6.07, 6.45) is 0. The first-order chi connectivity index (χ1) is 14.9. The van der Waals surface area contributed by atoms with Crippen LogP contribution in [-0.2, 0) is 25.7 Å². The third kappa shape index (κ3) is 5.12. The van der Waals surface area contributed by atoms with Gasteiger partial charge in [0.2, 0.25) is 17.0 Å². The molecule has 3 N–H and O–H groups in total. The highest BCUT2D eigenvalue weighted by Crippen LogP contribution is 2.51. The molecule has 0 spiro atoms. The molecule has 3 rings (SSSR count). The van der Waals surface area contributed by atoms with E-state index in [1.807, 2.05) is 0 Å². The second-order valence-corrected chi connectivity index (χ2v) is 9.66. The molecule has 1 aromatic heterocycles. The van der Waals surface area contributed by atoms with Crippen LogP contribution in [0.5, 0.6) is 0 Å². The van der Waals surface area contributed by atoms with Crippen LogP contribution >= 0.6 is 35.3 Å². The van der Waals surface area contributed by atoms with Crippen molar-refractivity contribution in [1.82, 2.24) is 30.4 Å². The topological polar surface area (TPSA) is 168 Å². The zero-order valence-corrected chi connectivity index (χ0v) is 18.2. The van der Waals surface area contributed by atoms with Crippen LogP contribution in [0.1, 0.15) is 6.92 Å². The number of nitrogens with one attached hydrogen (secondary N) is 1. The fraction of sp³-hybridized carbons (Fsp3) is 0.500. The molecule has 1 fully saturated rings. The Hall–Kier alpha value is -2.47. The Morgan fingerprint density at radius 1 is 1.28 bits per heavy atom. The Balaban J connectivity index is 1.92. The number of halogens is 3. The number of carbonyl (C=O) groups is 4. The molecule has 12 nitrogen and oxygen atoms in total. The SMILES string of the molecule is CC(=O)NC1S[C@@H]2C(SC(F)(F)F)C(=O)N2C(C(=O)O)=C1CSc1nnnn1CC(=O)O. The van der Waals surface area contributed by atoms with E-state index < -0.39 is 69.3 Å². The molecule has 174 valence electrons. The third-order valence-corrected chi connectivity index (χ3v) is 7.66. The molecule has 1 saturated heterocycles. The van der Waals surface area contributed by atoms with Crippen molar-refractivity contribution >= 4 is 59.0 Å². The number of fused-ring (bicyclic) bond motifs is 1. The van der Waals surface area contributed by atoms with E-state index in [4.69, 9.17) is 5.11 Å². The van der Waals surface area contributed by atoms with Crippen molar-refractivity contribution in [3.05, 3.63) is 11.3 Å². The van der Waals surface area contributed by atoms with Gasteiger partial charge in [-0.05, 0) is 22.2 Å². The number of alkyl halides is 3. The maximum atomic E-state index is 12.8. The fourth-order valence-electron chi connectivity index (χ4n) is 2.92. The molecule has 2 aliphatic heterocycles. The highest BCUT2D eigenvalue weighted by molar-refractivity contribution is 8.05. The molecule has 0 saturated carbocycles. The predicted octanol–water partition coefficient (Wildman–Crippen LogP) is 0.187. The number of tetrazole rings is 1. The Kier molecular flexibility index (Phi) is 6.94. The van der Waals surface area contributed by atoms with Crippen molar-refractivity contribution in [3.8, 4) is 0 Å². The maximum absolute atomic E-state index is 12.8. The van der Waals surface area contributed by atoms with Crippen LogP contribution < -0.4 is 5.32 Å². The second-order valence-electron chi connectivity index (χ2n) is 6.28. The average molecular weight is 514 g/mol. The summed E-state index contributed by atoms with van der Waals surface area (Å²) < 4.78 is 39.4. The predicted molar refractivity (Wildman–Crippen MR) is 104 cm³/mol. The Morgan fingerprint density at radius 3 is 2.53 bits per heavy atom. The van der Waals surface area contributed by atoms with Crippen molar-refractivity contribution < 1.29 is 42.6 Å². The summed E-state index contributed by atoms with van der Waals surface area (Å²) in [5.74, 6) is -4.55. The standard InChI is InChI=1S/C14H13F3N6O6S3/c1-4(24)18-9-5(3-30-13-19-20-21-22(13)2-6(25)26)7(12(28)29)23-10(27)8(11(23)31-9)32-14(15,16)17/h8-9,11H,2-3H2,1H3,(H,18,24)(H,25,26)(H,28,29)/t8?,9?,11-/m1/s1. The molecule has 0 aromatic carbocycles. The number of rotatable bonds is 8. The van der Waals surface area contributed by atoms with Gasteiger partial charge in [0.05, 0.1) is 0 Å². The van der Waals surface area contributed by atoms with Crippen molar-refractivity contribution in [3.63, 3.8) is 0 Å². The van der Waals surface area contributed by atoms with E-state index >= 15 is 0 Å². The summed E-state index contributed by atoms with van der Waals surface area (Å²) in [5.41, 5.74) is -5.21. The summed E-state index contributed by atoms with van der Waals surface area (Å²) >= 11 is 1.12. The first-order valence-corrected chi connectivity index (χ1v) is 11.3. The van der Waals surface area contributed by atoms with Gasteiger partial charge in [0.25, 0.3) is 0 Å². The van der Waals surface area contributed by atoms with Crippen molar-refractivity contribution in [2.45, 2.75) is 40.1 Å². The summed E-state index contributed by atoms with van der Waals surface area (Å²) in [7, 11) is 0. The largest absolute Gasteiger partial charge is 0.480 e. The molecule has 3 heterocycles. The summed E-state index contributed by atoms with van der Waals surface area (Å²) in [5, 5.41) is 27.9. The van der Waals surface area contributed by atoms with Crippen LogP contribution in [-0.4, -0.2) is 86.3 Å². The van der Waals surface area contributed by atoms with E-state index in [0.717, 1.165) is 40.0 Å². The number of hydrogen-bond donors (Lipinski definition) is 3. The van der Waals surface area contributed by atoms with Crippen LogP contribution in [0.15, 0.2) is 16.4 Å². The molecule has 18 heteroatoms. The Labute approximate surface area is 189 Å². The Morgan fingerprint density at radius 2 is 1.97 bits per heavy atom. The molecular weight excluding hydrogens is 501 g/mol. The summed E-state index contributed by atoms with van der Waals surface area (Å²) in [6, 6.07) is 0.